The SMILES string of the molecule is Cc1nccc(-c2cccc(NC(=O)CCc3ccsc3)c2)n1. The molecule has 0 aliphatic carbocycles. The Labute approximate surface area is 139 Å². The van der Waals surface area contributed by atoms with Crippen LogP contribution in [0.2, 0.25) is 0 Å². The fourth-order valence-electron chi connectivity index (χ4n) is 2.29. The summed E-state index contributed by atoms with van der Waals surface area (Å²) in [5.74, 6) is 0.750. The Balaban J connectivity index is 1.66. The number of aryl methyl sites for hydroxylation is 2. The summed E-state index contributed by atoms with van der Waals surface area (Å²) < 4.78 is 0. The quantitative estimate of drug-likeness (QED) is 0.769. The summed E-state index contributed by atoms with van der Waals surface area (Å²) in [7, 11) is 0. The monoisotopic (exact) mass is 323 g/mol. The van der Waals surface area contributed by atoms with Crippen LogP contribution in [0.4, 0.5) is 5.69 Å². The maximum atomic E-state index is 12.1. The number of benzene rings is 1. The lowest BCUT2D eigenvalue weighted by molar-refractivity contribution is -0.116. The third-order valence-corrected chi connectivity index (χ3v) is 4.17. The molecule has 0 unspecified atom stereocenters. The maximum Gasteiger partial charge on any atom is 0.224 e. The van der Waals surface area contributed by atoms with Gasteiger partial charge in [-0.05, 0) is 53.9 Å². The molecule has 3 aromatic rings. The number of hydrogen-bond acceptors (Lipinski definition) is 4. The van der Waals surface area contributed by atoms with Crippen LogP contribution in [-0.2, 0) is 11.2 Å². The van der Waals surface area contributed by atoms with Crippen LogP contribution in [0.3, 0.4) is 0 Å². The number of nitrogens with zero attached hydrogens (tertiary/aromatic N) is 2. The van der Waals surface area contributed by atoms with Gasteiger partial charge in [-0.1, -0.05) is 12.1 Å². The van der Waals surface area contributed by atoms with Crippen molar-refractivity contribution >= 4 is 22.9 Å². The zero-order valence-electron chi connectivity index (χ0n) is 12.8. The van der Waals surface area contributed by atoms with E-state index in [0.717, 1.165) is 29.2 Å². The fraction of sp³-hybridized carbons (Fsp3) is 0.167. The maximum absolute atomic E-state index is 12.1. The Bertz CT molecular complexity index is 800. The molecule has 2 aromatic heterocycles. The molecule has 23 heavy (non-hydrogen) atoms. The van der Waals surface area contributed by atoms with Gasteiger partial charge in [0.15, 0.2) is 0 Å². The highest BCUT2D eigenvalue weighted by Gasteiger charge is 2.06. The molecule has 1 amide bonds. The zero-order valence-corrected chi connectivity index (χ0v) is 13.6. The van der Waals surface area contributed by atoms with Crippen LogP contribution in [0.15, 0.2) is 53.4 Å². The molecule has 0 fully saturated rings. The minimum Gasteiger partial charge on any atom is -0.326 e. The van der Waals surface area contributed by atoms with Gasteiger partial charge in [-0.25, -0.2) is 9.97 Å². The van der Waals surface area contributed by atoms with E-state index in [-0.39, 0.29) is 5.91 Å². The van der Waals surface area contributed by atoms with Crippen molar-refractivity contribution in [3.63, 3.8) is 0 Å². The van der Waals surface area contributed by atoms with Gasteiger partial charge in [0.25, 0.3) is 0 Å². The first-order valence-electron chi connectivity index (χ1n) is 7.42. The molecule has 0 spiro atoms. The summed E-state index contributed by atoms with van der Waals surface area (Å²) in [6.07, 6.45) is 2.98. The van der Waals surface area contributed by atoms with E-state index in [4.69, 9.17) is 0 Å². The average molecular weight is 323 g/mol. The molecular formula is C18H17N3OS. The average Bonchev–Trinajstić information content (AvgIpc) is 3.07. The highest BCUT2D eigenvalue weighted by molar-refractivity contribution is 7.07. The minimum atomic E-state index is 0.0206. The van der Waals surface area contributed by atoms with Crippen LogP contribution in [0.25, 0.3) is 11.3 Å². The van der Waals surface area contributed by atoms with Gasteiger partial charge in [-0.15, -0.1) is 0 Å². The van der Waals surface area contributed by atoms with Crippen LogP contribution in [0.5, 0.6) is 0 Å². The number of anilines is 1. The molecule has 4 nitrogen and oxygen atoms in total. The van der Waals surface area contributed by atoms with E-state index in [9.17, 15) is 4.79 Å². The van der Waals surface area contributed by atoms with E-state index in [2.05, 4.69) is 26.7 Å². The van der Waals surface area contributed by atoms with Crippen molar-refractivity contribution in [1.29, 1.82) is 0 Å². The minimum absolute atomic E-state index is 0.0206. The van der Waals surface area contributed by atoms with Crippen LogP contribution in [0.1, 0.15) is 17.8 Å². The first-order chi connectivity index (χ1) is 11.2. The van der Waals surface area contributed by atoms with Gasteiger partial charge >= 0.3 is 0 Å². The van der Waals surface area contributed by atoms with E-state index < -0.39 is 0 Å². The summed E-state index contributed by atoms with van der Waals surface area (Å²) in [5.41, 5.74) is 3.81. The lowest BCUT2D eigenvalue weighted by Crippen LogP contribution is -2.12. The van der Waals surface area contributed by atoms with Crippen LogP contribution in [-0.4, -0.2) is 15.9 Å². The lowest BCUT2D eigenvalue weighted by Gasteiger charge is -2.07. The third-order valence-electron chi connectivity index (χ3n) is 3.44. The second kappa shape index (κ2) is 7.15. The fourth-order valence-corrected chi connectivity index (χ4v) is 2.99. The molecule has 1 aromatic carbocycles. The van der Waals surface area contributed by atoms with Gasteiger partial charge < -0.3 is 5.32 Å². The molecule has 5 heteroatoms. The van der Waals surface area contributed by atoms with Crippen molar-refractivity contribution in [3.8, 4) is 11.3 Å². The Morgan fingerprint density at radius 3 is 2.96 bits per heavy atom. The summed E-state index contributed by atoms with van der Waals surface area (Å²) in [6.45, 7) is 1.86. The topological polar surface area (TPSA) is 54.9 Å². The summed E-state index contributed by atoms with van der Waals surface area (Å²) in [6, 6.07) is 11.6. The third kappa shape index (κ3) is 4.23. The molecule has 0 radical (unpaired) electrons. The standard InChI is InChI=1S/C18H17N3OS/c1-13-19-9-7-17(20-13)15-3-2-4-16(11-15)21-18(22)6-5-14-8-10-23-12-14/h2-4,7-12H,5-6H2,1H3,(H,21,22). The van der Waals surface area contributed by atoms with Crippen molar-refractivity contribution in [2.45, 2.75) is 19.8 Å². The number of aromatic nitrogens is 2. The van der Waals surface area contributed by atoms with Gasteiger partial charge in [-0.2, -0.15) is 11.3 Å². The first-order valence-corrected chi connectivity index (χ1v) is 8.36. The normalized spacial score (nSPS) is 10.5. The van der Waals surface area contributed by atoms with Crippen LogP contribution in [0, 0.1) is 6.92 Å². The first kappa shape index (κ1) is 15.4. The van der Waals surface area contributed by atoms with Gasteiger partial charge in [-0.3, -0.25) is 4.79 Å². The van der Waals surface area contributed by atoms with Gasteiger partial charge in [0.05, 0.1) is 5.69 Å². The molecule has 0 aliphatic rings. The van der Waals surface area contributed by atoms with Crippen molar-refractivity contribution in [1.82, 2.24) is 9.97 Å². The van der Waals surface area contributed by atoms with E-state index in [1.165, 1.54) is 5.56 Å². The summed E-state index contributed by atoms with van der Waals surface area (Å²) >= 11 is 1.65. The number of carbonyl (C=O) groups is 1. The van der Waals surface area contributed by atoms with Gasteiger partial charge in [0, 0.05) is 23.9 Å². The Kier molecular flexibility index (Phi) is 4.78. The second-order valence-electron chi connectivity index (χ2n) is 5.25. The zero-order chi connectivity index (χ0) is 16.1. The predicted molar refractivity (Wildman–Crippen MR) is 93.5 cm³/mol. The molecule has 0 saturated carbocycles. The number of hydrogen-bond donors (Lipinski definition) is 1. The molecule has 2 heterocycles. The molecule has 0 bridgehead atoms. The second-order valence-corrected chi connectivity index (χ2v) is 6.03. The van der Waals surface area contributed by atoms with Gasteiger partial charge in [0.2, 0.25) is 5.91 Å². The van der Waals surface area contributed by atoms with Gasteiger partial charge in [0.1, 0.15) is 5.82 Å². The lowest BCUT2D eigenvalue weighted by atomic mass is 10.1. The van der Waals surface area contributed by atoms with Crippen molar-refractivity contribution < 1.29 is 4.79 Å². The number of thiophene rings is 1. The molecule has 0 aliphatic heterocycles. The number of rotatable bonds is 5. The smallest absolute Gasteiger partial charge is 0.224 e. The largest absolute Gasteiger partial charge is 0.326 e. The number of carbonyl (C=O) groups excluding carboxylic acids is 1. The molecule has 0 atom stereocenters. The Hall–Kier alpha value is -2.53. The Morgan fingerprint density at radius 1 is 1.26 bits per heavy atom. The molecule has 116 valence electrons. The van der Waals surface area contributed by atoms with E-state index in [1.807, 2.05) is 42.6 Å². The van der Waals surface area contributed by atoms with E-state index in [1.54, 1.807) is 17.5 Å². The number of nitrogens with one attached hydrogen (secondary N) is 1. The van der Waals surface area contributed by atoms with Crippen molar-refractivity contribution in [2.24, 2.45) is 0 Å². The van der Waals surface area contributed by atoms with Crippen LogP contribution >= 0.6 is 11.3 Å². The Morgan fingerprint density at radius 2 is 2.17 bits per heavy atom. The van der Waals surface area contributed by atoms with E-state index >= 15 is 0 Å². The predicted octanol–water partition coefficient (Wildman–Crippen LogP) is 4.08. The summed E-state index contributed by atoms with van der Waals surface area (Å²) in [5, 5.41) is 7.05. The highest BCUT2D eigenvalue weighted by atomic mass is 32.1. The van der Waals surface area contributed by atoms with Crippen molar-refractivity contribution in [2.75, 3.05) is 5.32 Å². The molecular weight excluding hydrogens is 306 g/mol. The van der Waals surface area contributed by atoms with E-state index in [0.29, 0.717) is 6.42 Å². The molecule has 3 rings (SSSR count). The number of amides is 1. The van der Waals surface area contributed by atoms with Crippen molar-refractivity contribution in [3.05, 3.63) is 64.7 Å². The summed E-state index contributed by atoms with van der Waals surface area (Å²) in [4.78, 5) is 20.6. The highest BCUT2D eigenvalue weighted by Crippen LogP contribution is 2.21. The molecule has 0 saturated heterocycles. The van der Waals surface area contributed by atoms with Crippen LogP contribution < -0.4 is 5.32 Å². The molecule has 1 N–H and O–H groups in total.